The molecular weight excluding hydrogens is 579 g/mol. The van der Waals surface area contributed by atoms with Gasteiger partial charge in [-0.15, -0.1) is 11.3 Å². The first-order valence-corrected chi connectivity index (χ1v) is 17.3. The van der Waals surface area contributed by atoms with Crippen LogP contribution >= 0.6 is 11.3 Å². The Bertz CT molecular complexity index is 2510. The molecule has 0 N–H and O–H groups in total. The van der Waals surface area contributed by atoms with Gasteiger partial charge in [0.2, 0.25) is 0 Å². The number of benzene rings is 3. The summed E-state index contributed by atoms with van der Waals surface area (Å²) in [6, 6.07) is 27.1. The fraction of sp³-hybridized carbons (Fsp3) is 0.167. The molecule has 3 aliphatic rings. The highest BCUT2D eigenvalue weighted by molar-refractivity contribution is 7.19. The second kappa shape index (κ2) is 10.0. The molecule has 0 bridgehead atoms. The van der Waals surface area contributed by atoms with Gasteiger partial charge in [0.25, 0.3) is 0 Å². The second-order valence-electron chi connectivity index (χ2n) is 13.2. The van der Waals surface area contributed by atoms with E-state index in [1.807, 2.05) is 11.3 Å². The van der Waals surface area contributed by atoms with Gasteiger partial charge in [-0.1, -0.05) is 79.3 Å². The van der Waals surface area contributed by atoms with Gasteiger partial charge in [0.05, 0.1) is 28.4 Å². The fourth-order valence-electron chi connectivity index (χ4n) is 8.25. The van der Waals surface area contributed by atoms with E-state index in [9.17, 15) is 0 Å². The van der Waals surface area contributed by atoms with E-state index in [1.54, 1.807) is 5.57 Å². The van der Waals surface area contributed by atoms with E-state index in [4.69, 9.17) is 4.98 Å². The second-order valence-corrected chi connectivity index (χ2v) is 14.2. The molecule has 2 unspecified atom stereocenters. The number of aryl methyl sites for hydroxylation is 1. The van der Waals surface area contributed by atoms with Crippen LogP contribution in [0.15, 0.2) is 115 Å². The smallest absolute Gasteiger partial charge is 0.124 e. The van der Waals surface area contributed by atoms with E-state index in [0.717, 1.165) is 36.2 Å². The summed E-state index contributed by atoms with van der Waals surface area (Å²) in [4.78, 5) is 7.56. The Morgan fingerprint density at radius 1 is 0.739 bits per heavy atom. The maximum atomic E-state index is 5.07. The Hall–Kier alpha value is -4.93. The van der Waals surface area contributed by atoms with E-state index in [0.29, 0.717) is 11.8 Å². The number of aromatic nitrogens is 3. The molecule has 4 heterocycles. The molecule has 10 rings (SSSR count). The van der Waals surface area contributed by atoms with E-state index in [1.165, 1.54) is 65.5 Å². The lowest BCUT2D eigenvalue weighted by Crippen LogP contribution is -2.12. The van der Waals surface area contributed by atoms with Gasteiger partial charge in [-0.25, -0.2) is 4.98 Å². The van der Waals surface area contributed by atoms with Crippen LogP contribution in [0, 0.1) is 11.8 Å². The number of nitrogens with zero attached hydrogens (tertiary/aromatic N) is 3. The van der Waals surface area contributed by atoms with Crippen molar-refractivity contribution in [2.75, 3.05) is 0 Å². The molecule has 0 fully saturated rings. The zero-order chi connectivity index (χ0) is 30.4. The Balaban J connectivity index is 1.14. The number of allylic oxidation sites excluding steroid dienone is 6. The maximum Gasteiger partial charge on any atom is 0.124 e. The summed E-state index contributed by atoms with van der Waals surface area (Å²) >= 11 is 1.83. The summed E-state index contributed by atoms with van der Waals surface area (Å²) < 4.78 is 4.87. The zero-order valence-electron chi connectivity index (χ0n) is 25.8. The molecule has 0 aliphatic heterocycles. The van der Waals surface area contributed by atoms with Crippen LogP contribution < -0.4 is 0 Å². The Morgan fingerprint density at radius 2 is 1.54 bits per heavy atom. The summed E-state index contributed by atoms with van der Waals surface area (Å²) in [5.41, 5.74) is 11.8. The lowest BCUT2D eigenvalue weighted by molar-refractivity contribution is 0.623. The Labute approximate surface area is 272 Å². The quantitative estimate of drug-likeness (QED) is 0.195. The van der Waals surface area contributed by atoms with Crippen LogP contribution in [0.5, 0.6) is 0 Å². The fourth-order valence-corrected chi connectivity index (χ4v) is 9.31. The van der Waals surface area contributed by atoms with Crippen molar-refractivity contribution in [3.63, 3.8) is 0 Å². The molecule has 0 spiro atoms. The minimum absolute atomic E-state index is 0.457. The van der Waals surface area contributed by atoms with Crippen LogP contribution in [0.1, 0.15) is 41.5 Å². The van der Waals surface area contributed by atoms with Crippen molar-refractivity contribution in [1.29, 1.82) is 0 Å². The van der Waals surface area contributed by atoms with Crippen LogP contribution in [0.4, 0.5) is 0 Å². The van der Waals surface area contributed by atoms with Crippen LogP contribution in [-0.4, -0.2) is 14.1 Å². The van der Waals surface area contributed by atoms with E-state index < -0.39 is 0 Å². The molecule has 3 aliphatic carbocycles. The number of pyridine rings is 1. The van der Waals surface area contributed by atoms with E-state index >= 15 is 0 Å². The summed E-state index contributed by atoms with van der Waals surface area (Å²) in [6.07, 6.45) is 22.8. The Kier molecular flexibility index (Phi) is 5.74. The molecule has 0 saturated carbocycles. The SMILES string of the molecule is CC1C=CC=C(C2C=Cc3sc4ncc(-n5c6ccccc6c6cc(-n7c8c(c9ccccc97)CCC=C8)ccc65)cc4c3C2)C1. The molecule has 0 radical (unpaired) electrons. The third-order valence-electron chi connectivity index (χ3n) is 10.4. The van der Waals surface area contributed by atoms with Crippen LogP contribution in [-0.2, 0) is 12.8 Å². The summed E-state index contributed by atoms with van der Waals surface area (Å²) in [5, 5.41) is 5.20. The average molecular weight is 612 g/mol. The number of thiophene rings is 1. The van der Waals surface area contributed by atoms with Gasteiger partial charge in [-0.05, 0) is 91.3 Å². The molecule has 2 atom stereocenters. The monoisotopic (exact) mass is 611 g/mol. The molecular formula is C42H33N3S. The molecule has 0 saturated heterocycles. The van der Waals surface area contributed by atoms with Gasteiger partial charge < -0.3 is 9.13 Å². The highest BCUT2D eigenvalue weighted by Crippen LogP contribution is 2.42. The standard InChI is InChI=1S/C42H33N3S/c1-26-9-8-10-27(21-26)28-17-20-41-35(22-28)36-24-30(25-43-42(36)46-41)45-39-16-7-4-13-33(39)34-23-29(18-19-40(34)45)44-37-14-5-2-11-31(37)32-12-3-6-15-38(32)44/h2,4-11,13-20,23-26,28H,3,12,21-22H2,1H3. The predicted molar refractivity (Wildman–Crippen MR) is 195 cm³/mol. The summed E-state index contributed by atoms with van der Waals surface area (Å²) in [7, 11) is 0. The molecule has 4 heteroatoms. The number of rotatable bonds is 3. The van der Waals surface area contributed by atoms with E-state index in [2.05, 4.69) is 138 Å². The van der Waals surface area contributed by atoms with Crippen molar-refractivity contribution < 1.29 is 0 Å². The zero-order valence-corrected chi connectivity index (χ0v) is 26.6. The van der Waals surface area contributed by atoms with Crippen molar-refractivity contribution in [1.82, 2.24) is 14.1 Å². The first kappa shape index (κ1) is 26.3. The first-order chi connectivity index (χ1) is 22.7. The number of fused-ring (bicyclic) bond motifs is 9. The molecule has 3 aromatic carbocycles. The minimum Gasteiger partial charge on any atom is -0.310 e. The summed E-state index contributed by atoms with van der Waals surface area (Å²) in [6.45, 7) is 2.32. The van der Waals surface area contributed by atoms with Gasteiger partial charge in [0.15, 0.2) is 0 Å². The van der Waals surface area contributed by atoms with Crippen molar-refractivity contribution >= 4 is 66.4 Å². The van der Waals surface area contributed by atoms with Crippen molar-refractivity contribution in [2.24, 2.45) is 11.8 Å². The van der Waals surface area contributed by atoms with Gasteiger partial charge >= 0.3 is 0 Å². The molecule has 46 heavy (non-hydrogen) atoms. The number of hydrogen-bond donors (Lipinski definition) is 0. The minimum atomic E-state index is 0.457. The number of hydrogen-bond acceptors (Lipinski definition) is 2. The predicted octanol–water partition coefficient (Wildman–Crippen LogP) is 11.0. The van der Waals surface area contributed by atoms with Crippen LogP contribution in [0.3, 0.4) is 0 Å². The van der Waals surface area contributed by atoms with Crippen molar-refractivity contribution in [2.45, 2.75) is 32.6 Å². The Morgan fingerprint density at radius 3 is 2.43 bits per heavy atom. The highest BCUT2D eigenvalue weighted by atomic mass is 32.1. The summed E-state index contributed by atoms with van der Waals surface area (Å²) in [5.74, 6) is 1.06. The number of para-hydroxylation sites is 2. The molecule has 3 nitrogen and oxygen atoms in total. The van der Waals surface area contributed by atoms with Crippen LogP contribution in [0.25, 0.3) is 66.5 Å². The first-order valence-electron chi connectivity index (χ1n) is 16.5. The van der Waals surface area contributed by atoms with Crippen LogP contribution in [0.2, 0.25) is 0 Å². The largest absolute Gasteiger partial charge is 0.310 e. The molecule has 4 aromatic heterocycles. The maximum absolute atomic E-state index is 5.07. The lowest BCUT2D eigenvalue weighted by Gasteiger charge is -2.24. The molecule has 7 aromatic rings. The van der Waals surface area contributed by atoms with Crippen molar-refractivity contribution in [3.05, 3.63) is 137 Å². The third kappa shape index (κ3) is 3.86. The molecule has 0 amide bonds. The van der Waals surface area contributed by atoms with Gasteiger partial charge in [-0.3, -0.25) is 0 Å². The van der Waals surface area contributed by atoms with Crippen molar-refractivity contribution in [3.8, 4) is 11.4 Å². The molecule has 222 valence electrons. The van der Waals surface area contributed by atoms with Gasteiger partial charge in [0.1, 0.15) is 4.83 Å². The lowest BCUT2D eigenvalue weighted by atomic mass is 9.81. The van der Waals surface area contributed by atoms with Gasteiger partial charge in [0, 0.05) is 43.7 Å². The van der Waals surface area contributed by atoms with E-state index in [-0.39, 0.29) is 0 Å². The highest BCUT2D eigenvalue weighted by Gasteiger charge is 2.25. The third-order valence-corrected chi connectivity index (χ3v) is 11.5. The topological polar surface area (TPSA) is 22.8 Å². The normalized spacial score (nSPS) is 18.9. The average Bonchev–Trinajstić information content (AvgIpc) is 3.75. The van der Waals surface area contributed by atoms with Gasteiger partial charge in [-0.2, -0.15) is 0 Å².